The first-order chi connectivity index (χ1) is 16.3. The summed E-state index contributed by atoms with van der Waals surface area (Å²) in [6.07, 6.45) is 2.35. The number of nitrogens with one attached hydrogen (secondary N) is 1. The number of para-hydroxylation sites is 1. The van der Waals surface area contributed by atoms with Crippen molar-refractivity contribution in [1.29, 1.82) is 0 Å². The molecule has 1 fully saturated rings. The van der Waals surface area contributed by atoms with E-state index < -0.39 is 5.60 Å². The minimum absolute atomic E-state index is 0.0875. The SMILES string of the molecule is CC(C)(C)OC(=O)N1CCCC[C@@H](n2c(NC(=O)c3ccccc3)nc3cccc(CCl)c32)C1. The van der Waals surface area contributed by atoms with Gasteiger partial charge in [0.15, 0.2) is 0 Å². The number of nitrogens with zero attached hydrogens (tertiary/aromatic N) is 3. The van der Waals surface area contributed by atoms with Crippen molar-refractivity contribution in [2.45, 2.75) is 57.6 Å². The topological polar surface area (TPSA) is 76.5 Å². The van der Waals surface area contributed by atoms with E-state index in [1.54, 1.807) is 17.0 Å². The van der Waals surface area contributed by atoms with Crippen LogP contribution in [0.1, 0.15) is 62.0 Å². The van der Waals surface area contributed by atoms with Crippen LogP contribution >= 0.6 is 11.6 Å². The number of fused-ring (bicyclic) bond motifs is 1. The average Bonchev–Trinajstić information content (AvgIpc) is 2.99. The highest BCUT2D eigenvalue weighted by molar-refractivity contribution is 6.18. The molecule has 0 unspecified atom stereocenters. The largest absolute Gasteiger partial charge is 0.444 e. The predicted octanol–water partition coefficient (Wildman–Crippen LogP) is 5.99. The third-order valence-electron chi connectivity index (χ3n) is 5.86. The van der Waals surface area contributed by atoms with Gasteiger partial charge in [-0.3, -0.25) is 10.1 Å². The number of hydrogen-bond acceptors (Lipinski definition) is 4. The van der Waals surface area contributed by atoms with Crippen molar-refractivity contribution in [3.8, 4) is 0 Å². The standard InChI is InChI=1S/C26H31ClN4O3/c1-26(2,3)34-25(33)30-15-8-7-13-20(17-30)31-22-19(16-27)12-9-14-21(22)28-24(31)29-23(32)18-10-5-4-6-11-18/h4-6,9-12,14,20H,7-8,13,15-17H2,1-3H3,(H,28,29,32)/t20-/m1/s1. The summed E-state index contributed by atoms with van der Waals surface area (Å²) in [5.74, 6) is 0.539. The smallest absolute Gasteiger partial charge is 0.410 e. The van der Waals surface area contributed by atoms with Crippen molar-refractivity contribution in [1.82, 2.24) is 14.5 Å². The van der Waals surface area contributed by atoms with Crippen LogP contribution in [0.5, 0.6) is 0 Å². The number of halogens is 1. The van der Waals surface area contributed by atoms with Crippen molar-refractivity contribution in [3.05, 3.63) is 59.7 Å². The molecule has 1 N–H and O–H groups in total. The van der Waals surface area contributed by atoms with Crippen molar-refractivity contribution < 1.29 is 14.3 Å². The van der Waals surface area contributed by atoms with Crippen LogP contribution in [0.4, 0.5) is 10.7 Å². The van der Waals surface area contributed by atoms with E-state index in [9.17, 15) is 9.59 Å². The van der Waals surface area contributed by atoms with Gasteiger partial charge in [0.1, 0.15) is 5.60 Å². The van der Waals surface area contributed by atoms with Crippen LogP contribution in [0, 0.1) is 0 Å². The zero-order chi connectivity index (χ0) is 24.3. The lowest BCUT2D eigenvalue weighted by Gasteiger charge is -2.29. The minimum atomic E-state index is -0.568. The third-order valence-corrected chi connectivity index (χ3v) is 6.15. The molecule has 3 aromatic rings. The predicted molar refractivity (Wildman–Crippen MR) is 134 cm³/mol. The maximum Gasteiger partial charge on any atom is 0.410 e. The Morgan fingerprint density at radius 1 is 1.12 bits per heavy atom. The first-order valence-electron chi connectivity index (χ1n) is 11.7. The molecule has 8 heteroatoms. The van der Waals surface area contributed by atoms with Gasteiger partial charge in [0.2, 0.25) is 5.95 Å². The Kier molecular flexibility index (Phi) is 7.12. The zero-order valence-corrected chi connectivity index (χ0v) is 20.6. The molecule has 7 nitrogen and oxygen atoms in total. The van der Waals surface area contributed by atoms with E-state index in [-0.39, 0.29) is 18.0 Å². The summed E-state index contributed by atoms with van der Waals surface area (Å²) in [7, 11) is 0. The van der Waals surface area contributed by atoms with E-state index >= 15 is 0 Å². The molecule has 0 spiro atoms. The second-order valence-corrected chi connectivity index (χ2v) is 9.89. The summed E-state index contributed by atoms with van der Waals surface area (Å²) >= 11 is 6.30. The summed E-state index contributed by atoms with van der Waals surface area (Å²) in [5.41, 5.74) is 2.56. The first kappa shape index (κ1) is 24.1. The molecule has 0 radical (unpaired) electrons. The molecule has 2 heterocycles. The van der Waals surface area contributed by atoms with Gasteiger partial charge in [-0.2, -0.15) is 0 Å². The molecule has 0 bridgehead atoms. The van der Waals surface area contributed by atoms with Crippen molar-refractivity contribution >= 4 is 40.6 Å². The number of ether oxygens (including phenoxy) is 1. The fraction of sp³-hybridized carbons (Fsp3) is 0.423. The Bertz CT molecular complexity index is 1170. The van der Waals surface area contributed by atoms with Crippen LogP contribution < -0.4 is 5.32 Å². The van der Waals surface area contributed by atoms with E-state index in [0.29, 0.717) is 30.5 Å². The quantitative estimate of drug-likeness (QED) is 0.463. The Hall–Kier alpha value is -3.06. The number of benzene rings is 2. The highest BCUT2D eigenvalue weighted by Gasteiger charge is 2.30. The summed E-state index contributed by atoms with van der Waals surface area (Å²) in [4.78, 5) is 32.4. The van der Waals surface area contributed by atoms with E-state index in [0.717, 1.165) is 35.9 Å². The van der Waals surface area contributed by atoms with Gasteiger partial charge in [-0.25, -0.2) is 9.78 Å². The van der Waals surface area contributed by atoms with Crippen LogP contribution in [-0.4, -0.2) is 45.1 Å². The molecule has 180 valence electrons. The molecule has 4 rings (SSSR count). The molecule has 1 atom stereocenters. The Morgan fingerprint density at radius 2 is 1.88 bits per heavy atom. The molecular weight excluding hydrogens is 452 g/mol. The van der Waals surface area contributed by atoms with Gasteiger partial charge < -0.3 is 14.2 Å². The van der Waals surface area contributed by atoms with Crippen molar-refractivity contribution in [2.24, 2.45) is 0 Å². The summed E-state index contributed by atoms with van der Waals surface area (Å²) < 4.78 is 7.71. The van der Waals surface area contributed by atoms with E-state index in [1.807, 2.05) is 57.2 Å². The third kappa shape index (κ3) is 5.36. The van der Waals surface area contributed by atoms with E-state index in [2.05, 4.69) is 9.88 Å². The van der Waals surface area contributed by atoms with Crippen molar-refractivity contribution in [2.75, 3.05) is 18.4 Å². The fourth-order valence-corrected chi connectivity index (χ4v) is 4.57. The molecule has 0 saturated carbocycles. The number of carbonyl (C=O) groups excluding carboxylic acids is 2. The van der Waals surface area contributed by atoms with Gasteiger partial charge in [-0.1, -0.05) is 30.3 Å². The van der Waals surface area contributed by atoms with Crippen LogP contribution in [-0.2, 0) is 10.6 Å². The van der Waals surface area contributed by atoms with Crippen LogP contribution in [0.15, 0.2) is 48.5 Å². The molecule has 1 aromatic heterocycles. The first-order valence-corrected chi connectivity index (χ1v) is 12.2. The number of likely N-dealkylation sites (tertiary alicyclic amines) is 1. The average molecular weight is 483 g/mol. The molecule has 1 aliphatic heterocycles. The lowest BCUT2D eigenvalue weighted by molar-refractivity contribution is 0.0238. The summed E-state index contributed by atoms with van der Waals surface area (Å²) in [5, 5.41) is 3.00. The number of rotatable bonds is 4. The minimum Gasteiger partial charge on any atom is -0.444 e. The number of anilines is 1. The van der Waals surface area contributed by atoms with Gasteiger partial charge in [0.25, 0.3) is 5.91 Å². The fourth-order valence-electron chi connectivity index (χ4n) is 4.36. The highest BCUT2D eigenvalue weighted by Crippen LogP contribution is 2.33. The van der Waals surface area contributed by atoms with Gasteiger partial charge in [-0.05, 0) is 63.8 Å². The summed E-state index contributed by atoms with van der Waals surface area (Å²) in [6, 6.07) is 14.8. The van der Waals surface area contributed by atoms with Gasteiger partial charge >= 0.3 is 6.09 Å². The highest BCUT2D eigenvalue weighted by atomic mass is 35.5. The Balaban J connectivity index is 1.74. The van der Waals surface area contributed by atoms with Gasteiger partial charge in [0.05, 0.1) is 17.1 Å². The second-order valence-electron chi connectivity index (χ2n) is 9.62. The number of amides is 2. The number of carbonyl (C=O) groups is 2. The second kappa shape index (κ2) is 10.1. The van der Waals surface area contributed by atoms with Crippen molar-refractivity contribution in [3.63, 3.8) is 0 Å². The molecule has 2 aromatic carbocycles. The maximum atomic E-state index is 13.0. The Labute approximate surface area is 205 Å². The lowest BCUT2D eigenvalue weighted by Crippen LogP contribution is -2.39. The molecule has 1 saturated heterocycles. The van der Waals surface area contributed by atoms with Crippen LogP contribution in [0.3, 0.4) is 0 Å². The van der Waals surface area contributed by atoms with Gasteiger partial charge in [0, 0.05) is 24.5 Å². The number of hydrogen-bond donors (Lipinski definition) is 1. The van der Waals surface area contributed by atoms with E-state index in [1.165, 1.54) is 0 Å². The van der Waals surface area contributed by atoms with E-state index in [4.69, 9.17) is 21.3 Å². The van der Waals surface area contributed by atoms with Crippen LogP contribution in [0.2, 0.25) is 0 Å². The number of alkyl halides is 1. The molecule has 34 heavy (non-hydrogen) atoms. The number of imidazole rings is 1. The zero-order valence-electron chi connectivity index (χ0n) is 19.9. The van der Waals surface area contributed by atoms with Gasteiger partial charge in [-0.15, -0.1) is 11.6 Å². The molecule has 2 amide bonds. The molecule has 0 aliphatic carbocycles. The Morgan fingerprint density at radius 3 is 2.59 bits per heavy atom. The molecule has 1 aliphatic rings. The lowest BCUT2D eigenvalue weighted by atomic mass is 10.1. The molecular formula is C26H31ClN4O3. The monoisotopic (exact) mass is 482 g/mol. The number of aromatic nitrogens is 2. The normalized spacial score (nSPS) is 16.8. The van der Waals surface area contributed by atoms with Crippen LogP contribution in [0.25, 0.3) is 11.0 Å². The maximum absolute atomic E-state index is 13.0. The summed E-state index contributed by atoms with van der Waals surface area (Å²) in [6.45, 7) is 6.70.